The van der Waals surface area contributed by atoms with Gasteiger partial charge in [-0.2, -0.15) is 0 Å². The quantitative estimate of drug-likeness (QED) is 0.830. The molecule has 1 aromatic heterocycles. The van der Waals surface area contributed by atoms with Crippen molar-refractivity contribution in [2.75, 3.05) is 0 Å². The summed E-state index contributed by atoms with van der Waals surface area (Å²) in [6, 6.07) is 4.44. The fourth-order valence-electron chi connectivity index (χ4n) is 2.50. The molecule has 3 heteroatoms. The van der Waals surface area contributed by atoms with Gasteiger partial charge in [-0.1, -0.05) is 39.3 Å². The average molecular weight is 294 g/mol. The first-order valence-corrected chi connectivity index (χ1v) is 7.70. The van der Waals surface area contributed by atoms with Crippen LogP contribution in [0, 0.1) is 12.8 Å². The smallest absolute Gasteiger partial charge is 0.137 e. The summed E-state index contributed by atoms with van der Waals surface area (Å²) >= 11 is 6.21. The topological polar surface area (TPSA) is 25.2 Å². The predicted octanol–water partition coefficient (Wildman–Crippen LogP) is 5.09. The molecule has 2 nitrogen and oxygen atoms in total. The zero-order valence-corrected chi connectivity index (χ0v) is 13.8. The van der Waals surface area contributed by atoms with Gasteiger partial charge in [0.2, 0.25) is 0 Å². The van der Waals surface area contributed by atoms with E-state index in [0.717, 1.165) is 34.9 Å². The van der Waals surface area contributed by atoms with Gasteiger partial charge >= 0.3 is 0 Å². The minimum absolute atomic E-state index is 0.444. The Kier molecular flexibility index (Phi) is 4.77. The molecule has 0 aliphatic carbocycles. The van der Waals surface area contributed by atoms with Crippen LogP contribution in [0.25, 0.3) is 11.0 Å². The van der Waals surface area contributed by atoms with Crippen LogP contribution in [0.5, 0.6) is 0 Å². The van der Waals surface area contributed by atoms with Crippen molar-refractivity contribution in [2.45, 2.75) is 53.6 Å². The SMILES string of the molecule is Cc1cc(Cl)cc2c(CC(C)C)c(CNC(C)C)oc12. The summed E-state index contributed by atoms with van der Waals surface area (Å²) in [5.41, 5.74) is 3.38. The molecule has 0 aliphatic heterocycles. The number of hydrogen-bond donors (Lipinski definition) is 1. The van der Waals surface area contributed by atoms with E-state index in [1.807, 2.05) is 12.1 Å². The molecular formula is C17H24ClNO. The summed E-state index contributed by atoms with van der Waals surface area (Å²) in [6.45, 7) is 11.6. The highest BCUT2D eigenvalue weighted by Crippen LogP contribution is 2.32. The number of halogens is 1. The van der Waals surface area contributed by atoms with Gasteiger partial charge in [0.15, 0.2) is 0 Å². The van der Waals surface area contributed by atoms with Crippen molar-refractivity contribution in [3.05, 3.63) is 34.0 Å². The Hall–Kier alpha value is -0.990. The highest BCUT2D eigenvalue weighted by molar-refractivity contribution is 6.31. The summed E-state index contributed by atoms with van der Waals surface area (Å²) in [5, 5.41) is 5.40. The van der Waals surface area contributed by atoms with Crippen LogP contribution in [-0.4, -0.2) is 6.04 Å². The van der Waals surface area contributed by atoms with Crippen molar-refractivity contribution < 1.29 is 4.42 Å². The second-order valence-corrected chi connectivity index (χ2v) is 6.67. The van der Waals surface area contributed by atoms with E-state index in [0.29, 0.717) is 12.0 Å². The van der Waals surface area contributed by atoms with E-state index in [2.05, 4.69) is 39.9 Å². The molecule has 0 saturated carbocycles. The van der Waals surface area contributed by atoms with Crippen molar-refractivity contribution in [2.24, 2.45) is 5.92 Å². The number of aryl methyl sites for hydroxylation is 1. The number of hydrogen-bond acceptors (Lipinski definition) is 2. The third-order valence-corrected chi connectivity index (χ3v) is 3.63. The molecule has 0 amide bonds. The van der Waals surface area contributed by atoms with Crippen molar-refractivity contribution in [3.8, 4) is 0 Å². The fourth-order valence-corrected chi connectivity index (χ4v) is 2.77. The third kappa shape index (κ3) is 3.36. The lowest BCUT2D eigenvalue weighted by atomic mass is 9.99. The maximum absolute atomic E-state index is 6.21. The lowest BCUT2D eigenvalue weighted by molar-refractivity contribution is 0.478. The lowest BCUT2D eigenvalue weighted by Crippen LogP contribution is -2.22. The summed E-state index contributed by atoms with van der Waals surface area (Å²) in [5.74, 6) is 1.64. The van der Waals surface area contributed by atoms with Gasteiger partial charge in [-0.15, -0.1) is 0 Å². The molecule has 0 atom stereocenters. The lowest BCUT2D eigenvalue weighted by Gasteiger charge is -2.09. The van der Waals surface area contributed by atoms with Gasteiger partial charge < -0.3 is 9.73 Å². The predicted molar refractivity (Wildman–Crippen MR) is 86.5 cm³/mol. The van der Waals surface area contributed by atoms with Gasteiger partial charge in [0, 0.05) is 22.0 Å². The van der Waals surface area contributed by atoms with E-state index in [-0.39, 0.29) is 0 Å². The van der Waals surface area contributed by atoms with Crippen LogP contribution in [0.4, 0.5) is 0 Å². The first-order chi connectivity index (χ1) is 9.38. The second-order valence-electron chi connectivity index (χ2n) is 6.24. The summed E-state index contributed by atoms with van der Waals surface area (Å²) in [4.78, 5) is 0. The number of furan rings is 1. The second kappa shape index (κ2) is 6.19. The Morgan fingerprint density at radius 1 is 1.20 bits per heavy atom. The third-order valence-electron chi connectivity index (χ3n) is 3.41. The highest BCUT2D eigenvalue weighted by Gasteiger charge is 2.17. The van der Waals surface area contributed by atoms with Gasteiger partial charge in [0.05, 0.1) is 6.54 Å². The monoisotopic (exact) mass is 293 g/mol. The first kappa shape index (κ1) is 15.4. The highest BCUT2D eigenvalue weighted by atomic mass is 35.5. The Bertz CT molecular complexity index is 599. The molecule has 1 heterocycles. The van der Waals surface area contributed by atoms with E-state index in [1.165, 1.54) is 10.9 Å². The van der Waals surface area contributed by atoms with Crippen LogP contribution in [0.1, 0.15) is 44.6 Å². The van der Waals surface area contributed by atoms with Gasteiger partial charge in [0.25, 0.3) is 0 Å². The molecule has 0 fully saturated rings. The van der Waals surface area contributed by atoms with Gasteiger partial charge in [-0.05, 0) is 37.0 Å². The zero-order valence-electron chi connectivity index (χ0n) is 13.0. The van der Waals surface area contributed by atoms with E-state index in [1.54, 1.807) is 0 Å². The molecule has 0 unspecified atom stereocenters. The Balaban J connectivity index is 2.51. The van der Waals surface area contributed by atoms with Crippen molar-refractivity contribution >= 4 is 22.6 Å². The minimum Gasteiger partial charge on any atom is -0.459 e. The normalized spacial score (nSPS) is 12.0. The van der Waals surface area contributed by atoms with Crippen LogP contribution in [0.2, 0.25) is 5.02 Å². The Morgan fingerprint density at radius 3 is 2.50 bits per heavy atom. The Labute approximate surface area is 126 Å². The average Bonchev–Trinajstić information content (AvgIpc) is 2.65. The maximum atomic E-state index is 6.21. The molecule has 1 N–H and O–H groups in total. The molecule has 0 radical (unpaired) electrons. The molecule has 20 heavy (non-hydrogen) atoms. The van der Waals surface area contributed by atoms with Crippen LogP contribution in [0.15, 0.2) is 16.5 Å². The van der Waals surface area contributed by atoms with Crippen molar-refractivity contribution in [1.82, 2.24) is 5.32 Å². The van der Waals surface area contributed by atoms with Gasteiger partial charge in [-0.25, -0.2) is 0 Å². The number of fused-ring (bicyclic) bond motifs is 1. The minimum atomic E-state index is 0.444. The molecular weight excluding hydrogens is 270 g/mol. The standard InChI is InChI=1S/C17H24ClNO/c1-10(2)6-14-15-8-13(18)7-12(5)17(15)20-16(14)9-19-11(3)4/h7-8,10-11,19H,6,9H2,1-5H3. The van der Waals surface area contributed by atoms with E-state index in [4.69, 9.17) is 16.0 Å². The molecule has 110 valence electrons. The molecule has 1 aromatic carbocycles. The molecule has 0 spiro atoms. The molecule has 0 saturated heterocycles. The largest absolute Gasteiger partial charge is 0.459 e. The summed E-state index contributed by atoms with van der Waals surface area (Å²) in [7, 11) is 0. The van der Waals surface area contributed by atoms with E-state index in [9.17, 15) is 0 Å². The number of benzene rings is 1. The maximum Gasteiger partial charge on any atom is 0.137 e. The number of rotatable bonds is 5. The molecule has 2 aromatic rings. The molecule has 2 rings (SSSR count). The summed E-state index contributed by atoms with van der Waals surface area (Å²) in [6.07, 6.45) is 1.02. The van der Waals surface area contributed by atoms with Crippen LogP contribution in [0.3, 0.4) is 0 Å². The summed E-state index contributed by atoms with van der Waals surface area (Å²) < 4.78 is 6.12. The van der Waals surface area contributed by atoms with Gasteiger partial charge in [-0.3, -0.25) is 0 Å². The van der Waals surface area contributed by atoms with Crippen molar-refractivity contribution in [1.29, 1.82) is 0 Å². The van der Waals surface area contributed by atoms with Crippen LogP contribution >= 0.6 is 11.6 Å². The van der Waals surface area contributed by atoms with Gasteiger partial charge in [0.1, 0.15) is 11.3 Å². The molecule has 0 aliphatic rings. The zero-order chi connectivity index (χ0) is 14.9. The van der Waals surface area contributed by atoms with E-state index < -0.39 is 0 Å². The van der Waals surface area contributed by atoms with E-state index >= 15 is 0 Å². The van der Waals surface area contributed by atoms with Crippen LogP contribution in [-0.2, 0) is 13.0 Å². The first-order valence-electron chi connectivity index (χ1n) is 7.32. The number of nitrogens with one attached hydrogen (secondary N) is 1. The Morgan fingerprint density at radius 2 is 1.90 bits per heavy atom. The van der Waals surface area contributed by atoms with Crippen LogP contribution < -0.4 is 5.32 Å². The van der Waals surface area contributed by atoms with Crippen molar-refractivity contribution in [3.63, 3.8) is 0 Å². The fraction of sp³-hybridized carbons (Fsp3) is 0.529. The molecule has 0 bridgehead atoms.